The Morgan fingerprint density at radius 2 is 1.79 bits per heavy atom. The summed E-state index contributed by atoms with van der Waals surface area (Å²) in [7, 11) is 0. The number of rotatable bonds is 4. The minimum Gasteiger partial charge on any atom is -0.338 e. The highest BCUT2D eigenvalue weighted by Crippen LogP contribution is 2.24. The lowest BCUT2D eigenvalue weighted by atomic mass is 10.1. The maximum absolute atomic E-state index is 13.0. The van der Waals surface area contributed by atoms with E-state index in [4.69, 9.17) is 0 Å². The number of thiazole rings is 1. The predicted octanol–water partition coefficient (Wildman–Crippen LogP) is 3.85. The molecule has 3 aromatic rings. The number of amides is 1. The zero-order valence-electron chi connectivity index (χ0n) is 16.9. The van der Waals surface area contributed by atoms with Gasteiger partial charge in [-0.25, -0.2) is 4.98 Å². The van der Waals surface area contributed by atoms with E-state index < -0.39 is 0 Å². The molecule has 0 atom stereocenters. The summed E-state index contributed by atoms with van der Waals surface area (Å²) in [5.74, 6) is 0.0361. The van der Waals surface area contributed by atoms with Crippen LogP contribution in [-0.4, -0.2) is 38.7 Å². The molecule has 4 rings (SSSR count). The minimum atomic E-state index is -0.103. The molecule has 6 nitrogen and oxygen atoms in total. The number of carbonyl (C=O) groups is 1. The Kier molecular flexibility index (Phi) is 5.67. The molecule has 0 radical (unpaired) electrons. The van der Waals surface area contributed by atoms with Crippen LogP contribution in [-0.2, 0) is 6.42 Å². The Morgan fingerprint density at radius 3 is 2.48 bits per heavy atom. The third kappa shape index (κ3) is 4.05. The molecule has 2 aromatic heterocycles. The second-order valence-electron chi connectivity index (χ2n) is 7.64. The average molecular weight is 411 g/mol. The first-order chi connectivity index (χ1) is 14.0. The molecule has 7 heteroatoms. The second-order valence-corrected chi connectivity index (χ2v) is 8.61. The summed E-state index contributed by atoms with van der Waals surface area (Å²) in [4.78, 5) is 33.2. The number of nitrogens with one attached hydrogen (secondary N) is 1. The van der Waals surface area contributed by atoms with Crippen molar-refractivity contribution in [2.45, 2.75) is 46.0 Å². The number of nitrogens with zero attached hydrogens (tertiary/aromatic N) is 3. The summed E-state index contributed by atoms with van der Waals surface area (Å²) in [6, 6.07) is 9.94. The predicted molar refractivity (Wildman–Crippen MR) is 115 cm³/mol. The first-order valence-corrected chi connectivity index (χ1v) is 11.0. The zero-order chi connectivity index (χ0) is 20.4. The molecule has 1 aromatic carbocycles. The van der Waals surface area contributed by atoms with Crippen molar-refractivity contribution in [3.63, 3.8) is 0 Å². The van der Waals surface area contributed by atoms with E-state index in [-0.39, 0.29) is 11.5 Å². The van der Waals surface area contributed by atoms with Crippen molar-refractivity contribution in [2.75, 3.05) is 13.1 Å². The molecule has 0 saturated carbocycles. The number of H-pyrrole nitrogens is 1. The Labute approximate surface area is 174 Å². The second kappa shape index (κ2) is 8.37. The fraction of sp³-hybridized carbons (Fsp3) is 0.409. The largest absolute Gasteiger partial charge is 0.338 e. The van der Waals surface area contributed by atoms with Gasteiger partial charge in [-0.15, -0.1) is 0 Å². The highest BCUT2D eigenvalue weighted by Gasteiger charge is 2.24. The van der Waals surface area contributed by atoms with E-state index in [0.29, 0.717) is 22.1 Å². The van der Waals surface area contributed by atoms with E-state index in [1.54, 1.807) is 0 Å². The van der Waals surface area contributed by atoms with Crippen molar-refractivity contribution in [1.82, 2.24) is 19.7 Å². The number of carbonyl (C=O) groups excluding carboxylic acids is 1. The number of aromatic nitrogens is 3. The van der Waals surface area contributed by atoms with Crippen LogP contribution in [0.1, 0.15) is 57.9 Å². The van der Waals surface area contributed by atoms with Gasteiger partial charge >= 0.3 is 0 Å². The first kappa shape index (κ1) is 19.6. The average Bonchev–Trinajstić information content (AvgIpc) is 3.09. The lowest BCUT2D eigenvalue weighted by molar-refractivity contribution is 0.0765. The van der Waals surface area contributed by atoms with Crippen molar-refractivity contribution < 1.29 is 4.79 Å². The molecular formula is C22H26N4O2S. The van der Waals surface area contributed by atoms with E-state index >= 15 is 0 Å². The molecule has 1 fully saturated rings. The summed E-state index contributed by atoms with van der Waals surface area (Å²) in [5.41, 5.74) is 3.22. The summed E-state index contributed by atoms with van der Waals surface area (Å²) in [5, 5.41) is 3.67. The third-order valence-corrected chi connectivity index (χ3v) is 6.61. The van der Waals surface area contributed by atoms with Crippen LogP contribution >= 0.6 is 11.3 Å². The topological polar surface area (TPSA) is 71.0 Å². The van der Waals surface area contributed by atoms with Crippen LogP contribution in [0.15, 0.2) is 35.1 Å². The molecule has 0 unspecified atom stereocenters. The third-order valence-electron chi connectivity index (χ3n) is 5.48. The van der Waals surface area contributed by atoms with E-state index in [1.165, 1.54) is 28.9 Å². The van der Waals surface area contributed by atoms with Crippen LogP contribution in [0, 0.1) is 13.8 Å². The monoisotopic (exact) mass is 410 g/mol. The molecule has 29 heavy (non-hydrogen) atoms. The maximum atomic E-state index is 13.0. The Bertz CT molecular complexity index is 1060. The fourth-order valence-corrected chi connectivity index (χ4v) is 4.81. The number of hydrogen-bond donors (Lipinski definition) is 1. The Morgan fingerprint density at radius 1 is 1.10 bits per heavy atom. The molecule has 1 amide bonds. The number of aryl methyl sites for hydroxylation is 2. The van der Waals surface area contributed by atoms with Crippen LogP contribution in [0.5, 0.6) is 0 Å². The van der Waals surface area contributed by atoms with E-state index in [2.05, 4.69) is 10.1 Å². The van der Waals surface area contributed by atoms with Gasteiger partial charge in [-0.1, -0.05) is 54.5 Å². The number of aromatic amines is 1. The van der Waals surface area contributed by atoms with Crippen molar-refractivity contribution in [3.05, 3.63) is 68.1 Å². The fourth-order valence-electron chi connectivity index (χ4n) is 3.82. The van der Waals surface area contributed by atoms with Gasteiger partial charge < -0.3 is 4.90 Å². The normalized spacial score (nSPS) is 14.8. The van der Waals surface area contributed by atoms with Gasteiger partial charge in [-0.3, -0.25) is 14.7 Å². The molecule has 1 N–H and O–H groups in total. The molecular weight excluding hydrogens is 384 g/mol. The van der Waals surface area contributed by atoms with Crippen molar-refractivity contribution >= 4 is 17.2 Å². The van der Waals surface area contributed by atoms with Gasteiger partial charge in [0.2, 0.25) is 5.13 Å². The van der Waals surface area contributed by atoms with Gasteiger partial charge in [0.15, 0.2) is 0 Å². The van der Waals surface area contributed by atoms with Crippen LogP contribution in [0.4, 0.5) is 0 Å². The van der Waals surface area contributed by atoms with Gasteiger partial charge in [0.05, 0.1) is 5.69 Å². The first-order valence-electron chi connectivity index (χ1n) is 10.2. The van der Waals surface area contributed by atoms with Crippen LogP contribution in [0.3, 0.4) is 0 Å². The van der Waals surface area contributed by atoms with Gasteiger partial charge in [-0.2, -0.15) is 4.68 Å². The highest BCUT2D eigenvalue weighted by molar-refractivity contribution is 7.16. The van der Waals surface area contributed by atoms with Crippen molar-refractivity contribution in [2.24, 2.45) is 0 Å². The van der Waals surface area contributed by atoms with E-state index in [9.17, 15) is 9.59 Å². The minimum absolute atomic E-state index is 0.0361. The van der Waals surface area contributed by atoms with Gasteiger partial charge in [0.1, 0.15) is 4.88 Å². The molecule has 1 aliphatic heterocycles. The van der Waals surface area contributed by atoms with Gasteiger partial charge in [0, 0.05) is 30.8 Å². The van der Waals surface area contributed by atoms with E-state index in [0.717, 1.165) is 42.8 Å². The Hall–Kier alpha value is -2.67. The molecule has 0 spiro atoms. The summed E-state index contributed by atoms with van der Waals surface area (Å²) >= 11 is 1.29. The van der Waals surface area contributed by atoms with Crippen molar-refractivity contribution in [3.8, 4) is 5.13 Å². The highest BCUT2D eigenvalue weighted by atomic mass is 32.1. The lowest BCUT2D eigenvalue weighted by Gasteiger charge is -2.19. The molecule has 152 valence electrons. The summed E-state index contributed by atoms with van der Waals surface area (Å²) in [6.07, 6.45) is 5.03. The molecule has 0 bridgehead atoms. The number of likely N-dealkylation sites (tertiary alicyclic amines) is 1. The quantitative estimate of drug-likeness (QED) is 0.710. The molecule has 1 saturated heterocycles. The van der Waals surface area contributed by atoms with E-state index in [1.807, 2.05) is 49.1 Å². The molecule has 3 heterocycles. The van der Waals surface area contributed by atoms with Crippen LogP contribution in [0.2, 0.25) is 0 Å². The van der Waals surface area contributed by atoms with Crippen LogP contribution in [0.25, 0.3) is 5.13 Å². The summed E-state index contributed by atoms with van der Waals surface area (Å²) in [6.45, 7) is 5.35. The smallest absolute Gasteiger partial charge is 0.277 e. The SMILES string of the molecule is Cc1nc(-n2[nH]c(C)c(Cc3ccccc3)c2=O)sc1C(=O)N1CCCCCC1. The van der Waals surface area contributed by atoms with Gasteiger partial charge in [-0.05, 0) is 32.3 Å². The van der Waals surface area contributed by atoms with Crippen LogP contribution < -0.4 is 5.56 Å². The zero-order valence-corrected chi connectivity index (χ0v) is 17.7. The van der Waals surface area contributed by atoms with Crippen molar-refractivity contribution in [1.29, 1.82) is 0 Å². The lowest BCUT2D eigenvalue weighted by Crippen LogP contribution is -2.31. The molecule has 0 aliphatic carbocycles. The number of hydrogen-bond acceptors (Lipinski definition) is 4. The molecule has 1 aliphatic rings. The maximum Gasteiger partial charge on any atom is 0.277 e. The number of benzene rings is 1. The Balaban J connectivity index is 1.63. The standard InChI is InChI=1S/C22H26N4O2S/c1-15-18(14-17-10-6-5-7-11-17)20(27)26(24-15)22-23-16(2)19(29-22)21(28)25-12-8-3-4-9-13-25/h5-7,10-11,24H,3-4,8-9,12-14H2,1-2H3. The summed E-state index contributed by atoms with van der Waals surface area (Å²) < 4.78 is 1.48. The van der Waals surface area contributed by atoms with Gasteiger partial charge in [0.25, 0.3) is 11.5 Å².